The molecule has 1 heterocycles. The molecule has 6 heteroatoms. The monoisotopic (exact) mass is 361 g/mol. The van der Waals surface area contributed by atoms with Gasteiger partial charge in [0.2, 0.25) is 11.8 Å². The third-order valence-corrected chi connectivity index (χ3v) is 5.19. The number of benzene rings is 1. The molecular weight excluding hydrogens is 334 g/mol. The molecular formula is C19H27N3O2S. The Morgan fingerprint density at radius 3 is 2.84 bits per heavy atom. The minimum absolute atomic E-state index is 0.0836. The molecule has 1 aromatic carbocycles. The van der Waals surface area contributed by atoms with Gasteiger partial charge in [0, 0.05) is 13.0 Å². The predicted molar refractivity (Wildman–Crippen MR) is 104 cm³/mol. The molecule has 0 bridgehead atoms. The summed E-state index contributed by atoms with van der Waals surface area (Å²) in [5.41, 5.74) is 3.14. The van der Waals surface area contributed by atoms with Crippen molar-refractivity contribution in [2.24, 2.45) is 10.9 Å². The van der Waals surface area contributed by atoms with Crippen molar-refractivity contribution in [3.63, 3.8) is 0 Å². The fourth-order valence-electron chi connectivity index (χ4n) is 2.60. The summed E-state index contributed by atoms with van der Waals surface area (Å²) in [6.45, 7) is 8.99. The molecule has 2 rings (SSSR count). The molecule has 2 amide bonds. The molecule has 1 saturated heterocycles. The highest BCUT2D eigenvalue weighted by Gasteiger charge is 2.32. The maximum absolute atomic E-state index is 12.1. The van der Waals surface area contributed by atoms with Gasteiger partial charge in [-0.15, -0.1) is 0 Å². The van der Waals surface area contributed by atoms with Gasteiger partial charge in [-0.25, -0.2) is 4.99 Å². The van der Waals surface area contributed by atoms with Crippen LogP contribution in [0.2, 0.25) is 0 Å². The van der Waals surface area contributed by atoms with E-state index in [0.717, 1.165) is 29.7 Å². The Bertz CT molecular complexity index is 671. The van der Waals surface area contributed by atoms with E-state index in [1.807, 2.05) is 25.1 Å². The van der Waals surface area contributed by atoms with Crippen LogP contribution in [0.15, 0.2) is 23.2 Å². The van der Waals surface area contributed by atoms with Crippen LogP contribution < -0.4 is 10.6 Å². The van der Waals surface area contributed by atoms with Crippen LogP contribution in [0.5, 0.6) is 0 Å². The number of nitrogens with one attached hydrogen (secondary N) is 2. The van der Waals surface area contributed by atoms with Crippen molar-refractivity contribution in [3.8, 4) is 0 Å². The van der Waals surface area contributed by atoms with Crippen molar-refractivity contribution in [2.45, 2.75) is 52.2 Å². The van der Waals surface area contributed by atoms with Crippen LogP contribution in [-0.2, 0) is 16.0 Å². The van der Waals surface area contributed by atoms with Gasteiger partial charge in [-0.3, -0.25) is 9.59 Å². The normalized spacial score (nSPS) is 18.7. The van der Waals surface area contributed by atoms with Crippen LogP contribution in [0.3, 0.4) is 0 Å². The first-order chi connectivity index (χ1) is 11.9. The molecule has 0 aromatic heterocycles. The lowest BCUT2D eigenvalue weighted by atomic mass is 10.1. The molecule has 1 aliphatic heterocycles. The highest BCUT2D eigenvalue weighted by atomic mass is 32.2. The molecule has 0 spiro atoms. The van der Waals surface area contributed by atoms with E-state index in [4.69, 9.17) is 0 Å². The van der Waals surface area contributed by atoms with Gasteiger partial charge in [0.15, 0.2) is 5.17 Å². The van der Waals surface area contributed by atoms with E-state index in [0.29, 0.717) is 17.6 Å². The first-order valence-electron chi connectivity index (χ1n) is 8.82. The highest BCUT2D eigenvalue weighted by molar-refractivity contribution is 8.15. The lowest BCUT2D eigenvalue weighted by molar-refractivity contribution is -0.125. The third-order valence-electron chi connectivity index (χ3n) is 4.11. The number of para-hydroxylation sites is 1. The van der Waals surface area contributed by atoms with Crippen LogP contribution in [0, 0.1) is 12.8 Å². The van der Waals surface area contributed by atoms with Gasteiger partial charge in [0.25, 0.3) is 0 Å². The zero-order valence-corrected chi connectivity index (χ0v) is 16.2. The standard InChI is InChI=1S/C19H27N3O2S/c1-5-14-8-6-7-13(4)17(14)21-19-22-18(24)15(25-19)11-16(23)20-10-9-12(2)3/h6-8,12,15H,5,9-11H2,1-4H3,(H,20,23)(H,21,22,24)/t15-/m1/s1. The summed E-state index contributed by atoms with van der Waals surface area (Å²) in [6, 6.07) is 6.08. The van der Waals surface area contributed by atoms with Gasteiger partial charge >= 0.3 is 0 Å². The first kappa shape index (κ1) is 19.5. The summed E-state index contributed by atoms with van der Waals surface area (Å²) in [7, 11) is 0. The minimum Gasteiger partial charge on any atom is -0.356 e. The Balaban J connectivity index is 1.99. The van der Waals surface area contributed by atoms with E-state index >= 15 is 0 Å². The SMILES string of the molecule is CCc1cccc(C)c1N=C1NC(=O)[C@@H](CC(=O)NCCC(C)C)S1. The maximum Gasteiger partial charge on any atom is 0.240 e. The Morgan fingerprint density at radius 1 is 1.40 bits per heavy atom. The molecule has 136 valence electrons. The number of hydrogen-bond acceptors (Lipinski definition) is 4. The van der Waals surface area contributed by atoms with E-state index in [9.17, 15) is 9.59 Å². The summed E-state index contributed by atoms with van der Waals surface area (Å²) in [4.78, 5) is 28.8. The van der Waals surface area contributed by atoms with Crippen LogP contribution in [-0.4, -0.2) is 28.8 Å². The summed E-state index contributed by atoms with van der Waals surface area (Å²) in [5.74, 6) is 0.319. The molecule has 1 aromatic rings. The summed E-state index contributed by atoms with van der Waals surface area (Å²) < 4.78 is 0. The molecule has 2 N–H and O–H groups in total. The second-order valence-corrected chi connectivity index (χ2v) is 7.88. The number of carbonyl (C=O) groups excluding carboxylic acids is 2. The van der Waals surface area contributed by atoms with Crippen molar-refractivity contribution < 1.29 is 9.59 Å². The number of hydrogen-bond donors (Lipinski definition) is 2. The first-order valence-corrected chi connectivity index (χ1v) is 9.70. The molecule has 1 atom stereocenters. The second kappa shape index (κ2) is 9.04. The van der Waals surface area contributed by atoms with Crippen molar-refractivity contribution in [1.82, 2.24) is 10.6 Å². The molecule has 0 aliphatic carbocycles. The Hall–Kier alpha value is -1.82. The smallest absolute Gasteiger partial charge is 0.240 e. The molecule has 1 aliphatic rings. The van der Waals surface area contributed by atoms with Crippen LogP contribution in [0.25, 0.3) is 0 Å². The molecule has 1 fully saturated rings. The fraction of sp³-hybridized carbons (Fsp3) is 0.526. The van der Waals surface area contributed by atoms with Gasteiger partial charge in [0.05, 0.1) is 5.69 Å². The van der Waals surface area contributed by atoms with Gasteiger partial charge in [-0.2, -0.15) is 0 Å². The highest BCUT2D eigenvalue weighted by Crippen LogP contribution is 2.29. The lowest BCUT2D eigenvalue weighted by Crippen LogP contribution is -2.32. The summed E-state index contributed by atoms with van der Waals surface area (Å²) in [6.07, 6.45) is 2.01. The van der Waals surface area contributed by atoms with Crippen molar-refractivity contribution in [2.75, 3.05) is 6.54 Å². The number of nitrogens with zero attached hydrogens (tertiary/aromatic N) is 1. The quantitative estimate of drug-likeness (QED) is 0.782. The average molecular weight is 362 g/mol. The molecule has 0 unspecified atom stereocenters. The Kier molecular flexibility index (Phi) is 7.05. The average Bonchev–Trinajstić information content (AvgIpc) is 2.88. The number of aryl methyl sites for hydroxylation is 2. The van der Waals surface area contributed by atoms with Gasteiger partial charge in [-0.1, -0.05) is 50.7 Å². The fourth-order valence-corrected chi connectivity index (χ4v) is 3.57. The number of carbonyl (C=O) groups is 2. The molecule has 0 radical (unpaired) electrons. The van der Waals surface area contributed by atoms with E-state index < -0.39 is 5.25 Å². The summed E-state index contributed by atoms with van der Waals surface area (Å²) >= 11 is 1.34. The van der Waals surface area contributed by atoms with E-state index in [-0.39, 0.29) is 18.2 Å². The van der Waals surface area contributed by atoms with Crippen LogP contribution in [0.4, 0.5) is 5.69 Å². The largest absolute Gasteiger partial charge is 0.356 e. The third kappa shape index (κ3) is 5.59. The lowest BCUT2D eigenvalue weighted by Gasteiger charge is -2.09. The minimum atomic E-state index is -0.410. The Labute approximate surface area is 154 Å². The molecule has 0 saturated carbocycles. The van der Waals surface area contributed by atoms with Crippen molar-refractivity contribution >= 4 is 34.4 Å². The van der Waals surface area contributed by atoms with Gasteiger partial charge in [-0.05, 0) is 36.8 Å². The summed E-state index contributed by atoms with van der Waals surface area (Å²) in [5, 5.41) is 5.85. The van der Waals surface area contributed by atoms with E-state index in [1.54, 1.807) is 0 Å². The topological polar surface area (TPSA) is 70.6 Å². The predicted octanol–water partition coefficient (Wildman–Crippen LogP) is 3.33. The second-order valence-electron chi connectivity index (χ2n) is 6.69. The maximum atomic E-state index is 12.1. The molecule has 25 heavy (non-hydrogen) atoms. The number of aliphatic imine (C=N–C) groups is 1. The zero-order valence-electron chi connectivity index (χ0n) is 15.4. The van der Waals surface area contributed by atoms with Gasteiger partial charge in [0.1, 0.15) is 5.25 Å². The number of amidine groups is 1. The van der Waals surface area contributed by atoms with Crippen LogP contribution in [0.1, 0.15) is 44.7 Å². The molecule has 5 nitrogen and oxygen atoms in total. The van der Waals surface area contributed by atoms with Gasteiger partial charge < -0.3 is 10.6 Å². The van der Waals surface area contributed by atoms with Crippen molar-refractivity contribution in [3.05, 3.63) is 29.3 Å². The van der Waals surface area contributed by atoms with Crippen molar-refractivity contribution in [1.29, 1.82) is 0 Å². The van der Waals surface area contributed by atoms with E-state index in [1.165, 1.54) is 11.8 Å². The zero-order chi connectivity index (χ0) is 18.4. The Morgan fingerprint density at radius 2 is 2.16 bits per heavy atom. The number of amides is 2. The number of rotatable bonds is 7. The number of thioether (sulfide) groups is 1. The van der Waals surface area contributed by atoms with Crippen LogP contribution >= 0.6 is 11.8 Å². The van der Waals surface area contributed by atoms with E-state index in [2.05, 4.69) is 36.4 Å².